The summed E-state index contributed by atoms with van der Waals surface area (Å²) < 4.78 is 4.52. The molecule has 2 N–H and O–H groups in total. The van der Waals surface area contributed by atoms with Gasteiger partial charge in [-0.05, 0) is 6.42 Å². The smallest absolute Gasteiger partial charge is 0.327 e. The van der Waals surface area contributed by atoms with E-state index in [0.717, 1.165) is 19.3 Å². The van der Waals surface area contributed by atoms with E-state index in [9.17, 15) is 0 Å². The molecule has 5 heteroatoms. The van der Waals surface area contributed by atoms with Gasteiger partial charge in [-0.2, -0.15) is 0 Å². The van der Waals surface area contributed by atoms with Gasteiger partial charge in [-0.15, -0.1) is 0 Å². The zero-order chi connectivity index (χ0) is 7.11. The van der Waals surface area contributed by atoms with Crippen molar-refractivity contribution >= 4 is 8.60 Å². The molecule has 0 aliphatic heterocycles. The molecular weight excluding hydrogens is 204 g/mol. The maximum absolute atomic E-state index is 8.25. The van der Waals surface area contributed by atoms with E-state index in [0.29, 0.717) is 6.61 Å². The Balaban J connectivity index is 0. The summed E-state index contributed by atoms with van der Waals surface area (Å²) in [6.45, 7) is 2.55. The minimum absolute atomic E-state index is 0. The Labute approximate surface area is 75.5 Å². The predicted octanol–water partition coefficient (Wildman–Crippen LogP) is 1.40. The minimum atomic E-state index is -2.12. The van der Waals surface area contributed by atoms with Crippen LogP contribution in [0.25, 0.3) is 0 Å². The summed E-state index contributed by atoms with van der Waals surface area (Å²) in [6, 6.07) is 0. The summed E-state index contributed by atoms with van der Waals surface area (Å²) in [6.07, 6.45) is 3.12. The number of unbranched alkanes of at least 4 members (excludes halogenated alkanes) is 2. The SMILES string of the molecule is CCCCCOP(O)O.[Zn]. The Hall–Kier alpha value is 0.933. The van der Waals surface area contributed by atoms with Crippen molar-refractivity contribution < 1.29 is 33.8 Å². The van der Waals surface area contributed by atoms with Crippen LogP contribution in [-0.2, 0) is 24.0 Å². The Morgan fingerprint density at radius 1 is 1.30 bits per heavy atom. The number of rotatable bonds is 5. The molecule has 0 aromatic carbocycles. The van der Waals surface area contributed by atoms with Gasteiger partial charge < -0.3 is 14.3 Å². The molecule has 3 nitrogen and oxygen atoms in total. The fourth-order valence-corrected chi connectivity index (χ4v) is 0.791. The van der Waals surface area contributed by atoms with Gasteiger partial charge in [0.2, 0.25) is 0 Å². The van der Waals surface area contributed by atoms with Gasteiger partial charge in [-0.25, -0.2) is 0 Å². The topological polar surface area (TPSA) is 49.7 Å². The molecule has 58 valence electrons. The Morgan fingerprint density at radius 3 is 2.30 bits per heavy atom. The summed E-state index contributed by atoms with van der Waals surface area (Å²) in [4.78, 5) is 16.5. The molecule has 0 heterocycles. The van der Waals surface area contributed by atoms with Crippen LogP contribution >= 0.6 is 8.60 Å². The summed E-state index contributed by atoms with van der Waals surface area (Å²) >= 11 is 0. The minimum Gasteiger partial charge on any atom is -0.328 e. The van der Waals surface area contributed by atoms with Crippen LogP contribution < -0.4 is 0 Å². The summed E-state index contributed by atoms with van der Waals surface area (Å²) in [5, 5.41) is 0. The fourth-order valence-electron chi connectivity index (χ4n) is 0.498. The largest absolute Gasteiger partial charge is 0.328 e. The molecule has 0 fully saturated rings. The molecule has 0 spiro atoms. The molecule has 0 saturated carbocycles. The quantitative estimate of drug-likeness (QED) is 0.416. The Kier molecular flexibility index (Phi) is 13.4. The van der Waals surface area contributed by atoms with E-state index in [1.165, 1.54) is 0 Å². The first-order valence-corrected chi connectivity index (χ1v) is 4.24. The summed E-state index contributed by atoms with van der Waals surface area (Å²) in [7, 11) is -2.12. The zero-order valence-corrected chi connectivity index (χ0v) is 10.1. The average molecular weight is 218 g/mol. The first kappa shape index (κ1) is 13.5. The molecule has 10 heavy (non-hydrogen) atoms. The summed E-state index contributed by atoms with van der Waals surface area (Å²) in [5.41, 5.74) is 0. The second-order valence-electron chi connectivity index (χ2n) is 1.79. The third-order valence-electron chi connectivity index (χ3n) is 0.955. The second kappa shape index (κ2) is 9.93. The van der Waals surface area contributed by atoms with Crippen LogP contribution in [0.15, 0.2) is 0 Å². The third-order valence-corrected chi connectivity index (χ3v) is 1.37. The van der Waals surface area contributed by atoms with E-state index in [1.54, 1.807) is 0 Å². The van der Waals surface area contributed by atoms with Crippen LogP contribution in [0.3, 0.4) is 0 Å². The molecular formula is C5H13O3PZn. The maximum Gasteiger partial charge on any atom is 0.327 e. The van der Waals surface area contributed by atoms with E-state index in [-0.39, 0.29) is 19.5 Å². The van der Waals surface area contributed by atoms with Gasteiger partial charge >= 0.3 is 8.60 Å². The molecule has 0 saturated heterocycles. The average Bonchev–Trinajstić information content (AvgIpc) is 1.80. The molecule has 0 unspecified atom stereocenters. The van der Waals surface area contributed by atoms with Crippen LogP contribution in [0.2, 0.25) is 0 Å². The van der Waals surface area contributed by atoms with Crippen LogP contribution in [0.1, 0.15) is 26.2 Å². The van der Waals surface area contributed by atoms with Crippen molar-refractivity contribution in [1.29, 1.82) is 0 Å². The normalized spacial score (nSPS) is 9.60. The first-order chi connectivity index (χ1) is 4.27. The van der Waals surface area contributed by atoms with E-state index in [4.69, 9.17) is 9.79 Å². The van der Waals surface area contributed by atoms with E-state index < -0.39 is 8.60 Å². The van der Waals surface area contributed by atoms with Gasteiger partial charge in [0.1, 0.15) is 0 Å². The van der Waals surface area contributed by atoms with Crippen molar-refractivity contribution in [2.75, 3.05) is 6.61 Å². The molecule has 0 amide bonds. The molecule has 0 rings (SSSR count). The summed E-state index contributed by atoms with van der Waals surface area (Å²) in [5.74, 6) is 0. The van der Waals surface area contributed by atoms with E-state index >= 15 is 0 Å². The van der Waals surface area contributed by atoms with Crippen molar-refractivity contribution in [3.63, 3.8) is 0 Å². The molecule has 0 bridgehead atoms. The standard InChI is InChI=1S/C5H13O3P.Zn/c1-2-3-4-5-8-9(6)7;/h6-7H,2-5H2,1H3;. The number of hydrogen-bond donors (Lipinski definition) is 2. The number of hydrogen-bond acceptors (Lipinski definition) is 3. The van der Waals surface area contributed by atoms with E-state index in [2.05, 4.69) is 11.4 Å². The molecule has 0 aliphatic carbocycles. The fraction of sp³-hybridized carbons (Fsp3) is 1.00. The van der Waals surface area contributed by atoms with Crippen LogP contribution in [0.5, 0.6) is 0 Å². The Morgan fingerprint density at radius 2 is 1.90 bits per heavy atom. The van der Waals surface area contributed by atoms with Crippen LogP contribution in [0.4, 0.5) is 0 Å². The van der Waals surface area contributed by atoms with Gasteiger partial charge in [0.05, 0.1) is 6.61 Å². The monoisotopic (exact) mass is 216 g/mol. The third kappa shape index (κ3) is 11.7. The van der Waals surface area contributed by atoms with Gasteiger partial charge in [0.25, 0.3) is 0 Å². The van der Waals surface area contributed by atoms with Crippen molar-refractivity contribution in [2.45, 2.75) is 26.2 Å². The predicted molar refractivity (Wildman–Crippen MR) is 36.8 cm³/mol. The van der Waals surface area contributed by atoms with Gasteiger partial charge in [-0.3, -0.25) is 0 Å². The van der Waals surface area contributed by atoms with Gasteiger partial charge in [0, 0.05) is 19.5 Å². The zero-order valence-electron chi connectivity index (χ0n) is 6.29. The van der Waals surface area contributed by atoms with E-state index in [1.807, 2.05) is 0 Å². The molecule has 0 radical (unpaired) electrons. The molecule has 0 atom stereocenters. The van der Waals surface area contributed by atoms with Crippen molar-refractivity contribution in [1.82, 2.24) is 0 Å². The van der Waals surface area contributed by atoms with Crippen LogP contribution in [-0.4, -0.2) is 16.4 Å². The van der Waals surface area contributed by atoms with Crippen LogP contribution in [0, 0.1) is 0 Å². The molecule has 0 aromatic heterocycles. The molecule has 0 aromatic rings. The van der Waals surface area contributed by atoms with Gasteiger partial charge in [-0.1, -0.05) is 19.8 Å². The Bertz CT molecular complexity index is 62.9. The second-order valence-corrected chi connectivity index (χ2v) is 2.56. The van der Waals surface area contributed by atoms with Gasteiger partial charge in [0.15, 0.2) is 0 Å². The molecule has 0 aliphatic rings. The first-order valence-electron chi connectivity index (χ1n) is 3.08. The van der Waals surface area contributed by atoms with Crippen molar-refractivity contribution in [3.05, 3.63) is 0 Å². The van der Waals surface area contributed by atoms with Crippen molar-refractivity contribution in [3.8, 4) is 0 Å². The van der Waals surface area contributed by atoms with Crippen molar-refractivity contribution in [2.24, 2.45) is 0 Å². The maximum atomic E-state index is 8.25.